The van der Waals surface area contributed by atoms with E-state index in [-0.39, 0.29) is 24.0 Å². The zero-order valence-electron chi connectivity index (χ0n) is 18.8. The molecule has 2 N–H and O–H groups in total. The first kappa shape index (κ1) is 26.6. The van der Waals surface area contributed by atoms with Crippen LogP contribution in [0.1, 0.15) is 19.4 Å². The van der Waals surface area contributed by atoms with Crippen LogP contribution in [-0.2, 0) is 11.2 Å². The minimum absolute atomic E-state index is 0. The van der Waals surface area contributed by atoms with E-state index in [2.05, 4.69) is 29.4 Å². The highest BCUT2D eigenvalue weighted by Crippen LogP contribution is 2.34. The van der Waals surface area contributed by atoms with E-state index in [0.717, 1.165) is 68.8 Å². The Labute approximate surface area is 197 Å². The third-order valence-electron chi connectivity index (χ3n) is 5.01. The fourth-order valence-corrected chi connectivity index (χ4v) is 3.33. The lowest BCUT2D eigenvalue weighted by Gasteiger charge is -2.31. The standard InChI is InChI=1S/C21H36N4O4.HI/c1-6-22-21(24-15-16(2)25-9-11-29-12-10-25)23-8-7-18-19(27-4)13-17(26-3)14-20(18)28-5;/h13-14,16H,6-12,15H2,1-5H3,(H2,22,23,24);1H. The van der Waals surface area contributed by atoms with Gasteiger partial charge in [0, 0.05) is 49.9 Å². The first-order chi connectivity index (χ1) is 14.1. The number of aliphatic imine (C=N–C) groups is 1. The molecule has 0 bridgehead atoms. The van der Waals surface area contributed by atoms with Crippen molar-refractivity contribution in [3.05, 3.63) is 17.7 Å². The van der Waals surface area contributed by atoms with Gasteiger partial charge in [0.2, 0.25) is 0 Å². The van der Waals surface area contributed by atoms with Gasteiger partial charge in [-0.2, -0.15) is 0 Å². The summed E-state index contributed by atoms with van der Waals surface area (Å²) in [4.78, 5) is 7.18. The van der Waals surface area contributed by atoms with Crippen molar-refractivity contribution < 1.29 is 18.9 Å². The number of hydrogen-bond donors (Lipinski definition) is 2. The smallest absolute Gasteiger partial charge is 0.191 e. The summed E-state index contributed by atoms with van der Waals surface area (Å²) in [5, 5.41) is 6.73. The van der Waals surface area contributed by atoms with Crippen LogP contribution in [-0.4, -0.2) is 84.2 Å². The Morgan fingerprint density at radius 2 is 1.73 bits per heavy atom. The van der Waals surface area contributed by atoms with Gasteiger partial charge in [0.15, 0.2) is 5.96 Å². The van der Waals surface area contributed by atoms with Crippen LogP contribution in [0.2, 0.25) is 0 Å². The number of hydrogen-bond acceptors (Lipinski definition) is 6. The predicted molar refractivity (Wildman–Crippen MR) is 131 cm³/mol. The lowest BCUT2D eigenvalue weighted by Crippen LogP contribution is -2.44. The Hall–Kier alpha value is -1.46. The molecule has 30 heavy (non-hydrogen) atoms. The summed E-state index contributed by atoms with van der Waals surface area (Å²) in [7, 11) is 4.94. The number of halogens is 1. The molecule has 1 aliphatic rings. The Balaban J connectivity index is 0.00000450. The van der Waals surface area contributed by atoms with Crippen molar-refractivity contribution in [2.24, 2.45) is 4.99 Å². The van der Waals surface area contributed by atoms with E-state index >= 15 is 0 Å². The Bertz CT molecular complexity index is 629. The molecule has 0 aliphatic carbocycles. The summed E-state index contributed by atoms with van der Waals surface area (Å²) < 4.78 is 21.8. The van der Waals surface area contributed by atoms with Crippen molar-refractivity contribution in [2.45, 2.75) is 26.3 Å². The van der Waals surface area contributed by atoms with Crippen LogP contribution < -0.4 is 24.8 Å². The summed E-state index contributed by atoms with van der Waals surface area (Å²) in [6.45, 7) is 10.1. The van der Waals surface area contributed by atoms with Gasteiger partial charge < -0.3 is 29.6 Å². The SMILES string of the molecule is CCNC(=NCC(C)N1CCOCC1)NCCc1c(OC)cc(OC)cc1OC.I. The molecule has 1 saturated heterocycles. The van der Waals surface area contributed by atoms with Crippen molar-refractivity contribution in [1.29, 1.82) is 0 Å². The Kier molecular flexibility index (Phi) is 12.9. The number of ether oxygens (including phenoxy) is 4. The van der Waals surface area contributed by atoms with Gasteiger partial charge in [0.05, 0.1) is 41.1 Å². The van der Waals surface area contributed by atoms with Crippen LogP contribution in [0.15, 0.2) is 17.1 Å². The van der Waals surface area contributed by atoms with E-state index in [1.54, 1.807) is 21.3 Å². The summed E-state index contributed by atoms with van der Waals surface area (Å²) in [5.41, 5.74) is 1.00. The quantitative estimate of drug-likeness (QED) is 0.270. The number of nitrogens with zero attached hydrogens (tertiary/aromatic N) is 2. The summed E-state index contributed by atoms with van der Waals surface area (Å²) in [6.07, 6.45) is 0.736. The molecule has 9 heteroatoms. The maximum atomic E-state index is 5.53. The zero-order chi connectivity index (χ0) is 21.1. The second kappa shape index (κ2) is 14.5. The van der Waals surface area contributed by atoms with Crippen molar-refractivity contribution in [3.63, 3.8) is 0 Å². The number of methoxy groups -OCH3 is 3. The lowest BCUT2D eigenvalue weighted by atomic mass is 10.1. The fourth-order valence-electron chi connectivity index (χ4n) is 3.33. The van der Waals surface area contributed by atoms with Gasteiger partial charge in [-0.25, -0.2) is 0 Å². The highest BCUT2D eigenvalue weighted by molar-refractivity contribution is 14.0. The summed E-state index contributed by atoms with van der Waals surface area (Å²) in [5.74, 6) is 3.04. The van der Waals surface area contributed by atoms with Crippen molar-refractivity contribution in [2.75, 3.05) is 67.3 Å². The average Bonchev–Trinajstić information content (AvgIpc) is 2.77. The summed E-state index contributed by atoms with van der Waals surface area (Å²) in [6, 6.07) is 4.14. The molecule has 172 valence electrons. The molecule has 1 aromatic rings. The van der Waals surface area contributed by atoms with Crippen molar-refractivity contribution >= 4 is 29.9 Å². The topological polar surface area (TPSA) is 76.6 Å². The molecule has 0 saturated carbocycles. The molecule has 1 heterocycles. The molecular formula is C21H37IN4O4. The van der Waals surface area contributed by atoms with Gasteiger partial charge in [-0.1, -0.05) is 0 Å². The van der Waals surface area contributed by atoms with E-state index in [0.29, 0.717) is 18.3 Å². The molecule has 1 fully saturated rings. The van der Waals surface area contributed by atoms with Crippen LogP contribution in [0.5, 0.6) is 17.2 Å². The maximum Gasteiger partial charge on any atom is 0.191 e. The first-order valence-electron chi connectivity index (χ1n) is 10.3. The minimum atomic E-state index is 0. The average molecular weight is 536 g/mol. The van der Waals surface area contributed by atoms with Crippen LogP contribution in [0.25, 0.3) is 0 Å². The van der Waals surface area contributed by atoms with Crippen LogP contribution in [0.4, 0.5) is 0 Å². The number of rotatable bonds is 10. The van der Waals surface area contributed by atoms with Gasteiger partial charge in [-0.3, -0.25) is 9.89 Å². The number of benzene rings is 1. The third-order valence-corrected chi connectivity index (χ3v) is 5.01. The monoisotopic (exact) mass is 536 g/mol. The van der Waals surface area contributed by atoms with Crippen LogP contribution >= 0.6 is 24.0 Å². The molecule has 8 nitrogen and oxygen atoms in total. The molecule has 0 amide bonds. The van der Waals surface area contributed by atoms with E-state index < -0.39 is 0 Å². The second-order valence-corrected chi connectivity index (χ2v) is 6.90. The largest absolute Gasteiger partial charge is 0.496 e. The molecule has 1 aromatic carbocycles. The number of guanidine groups is 1. The minimum Gasteiger partial charge on any atom is -0.496 e. The lowest BCUT2D eigenvalue weighted by molar-refractivity contribution is 0.0220. The van der Waals surface area contributed by atoms with Crippen LogP contribution in [0, 0.1) is 0 Å². The highest BCUT2D eigenvalue weighted by Gasteiger charge is 2.17. The highest BCUT2D eigenvalue weighted by atomic mass is 127. The Morgan fingerprint density at radius 1 is 1.10 bits per heavy atom. The maximum absolute atomic E-state index is 5.53. The molecule has 0 aromatic heterocycles. The number of morpholine rings is 1. The molecule has 0 radical (unpaired) electrons. The van der Waals surface area contributed by atoms with Gasteiger partial charge >= 0.3 is 0 Å². The summed E-state index contributed by atoms with van der Waals surface area (Å²) >= 11 is 0. The third kappa shape index (κ3) is 7.99. The predicted octanol–water partition coefficient (Wildman–Crippen LogP) is 2.15. The second-order valence-electron chi connectivity index (χ2n) is 6.90. The van der Waals surface area contributed by atoms with E-state index in [9.17, 15) is 0 Å². The van der Waals surface area contributed by atoms with Crippen molar-refractivity contribution in [3.8, 4) is 17.2 Å². The molecule has 1 atom stereocenters. The van der Waals surface area contributed by atoms with Gasteiger partial charge in [0.25, 0.3) is 0 Å². The van der Waals surface area contributed by atoms with Gasteiger partial charge in [-0.05, 0) is 20.3 Å². The van der Waals surface area contributed by atoms with Crippen LogP contribution in [0.3, 0.4) is 0 Å². The number of nitrogens with one attached hydrogen (secondary N) is 2. The zero-order valence-corrected chi connectivity index (χ0v) is 21.2. The first-order valence-corrected chi connectivity index (χ1v) is 10.3. The van der Waals surface area contributed by atoms with Crippen molar-refractivity contribution in [1.82, 2.24) is 15.5 Å². The molecule has 1 unspecified atom stereocenters. The Morgan fingerprint density at radius 3 is 2.27 bits per heavy atom. The molecular weight excluding hydrogens is 499 g/mol. The molecule has 1 aliphatic heterocycles. The van der Waals surface area contributed by atoms with Gasteiger partial charge in [-0.15, -0.1) is 24.0 Å². The molecule has 0 spiro atoms. The normalized spacial score (nSPS) is 15.7. The molecule has 2 rings (SSSR count). The van der Waals surface area contributed by atoms with E-state index in [4.69, 9.17) is 23.9 Å². The van der Waals surface area contributed by atoms with E-state index in [1.165, 1.54) is 0 Å². The van der Waals surface area contributed by atoms with Gasteiger partial charge in [0.1, 0.15) is 17.2 Å². The van der Waals surface area contributed by atoms with E-state index in [1.807, 2.05) is 12.1 Å². The fraction of sp³-hybridized carbons (Fsp3) is 0.667.